The molecule has 1 saturated carbocycles. The fraction of sp³-hybridized carbons (Fsp3) is 0.480. The zero-order valence-corrected chi connectivity index (χ0v) is 17.3. The minimum atomic E-state index is -0.917. The first-order valence-corrected chi connectivity index (χ1v) is 10.8. The number of benzene rings is 2. The Morgan fingerprint density at radius 2 is 1.55 bits per heavy atom. The zero-order valence-electron chi connectivity index (χ0n) is 17.3. The average Bonchev–Trinajstić information content (AvgIpc) is 2.74. The Hall–Kier alpha value is -2.33. The van der Waals surface area contributed by atoms with E-state index in [1.54, 1.807) is 0 Å². The van der Waals surface area contributed by atoms with E-state index in [1.165, 1.54) is 19.3 Å². The van der Waals surface area contributed by atoms with Gasteiger partial charge in [0.15, 0.2) is 0 Å². The lowest BCUT2D eigenvalue weighted by Gasteiger charge is -2.35. The van der Waals surface area contributed by atoms with E-state index in [4.69, 9.17) is 9.84 Å². The summed E-state index contributed by atoms with van der Waals surface area (Å²) < 4.78 is 5.81. The van der Waals surface area contributed by atoms with Crippen molar-refractivity contribution >= 4 is 5.97 Å². The maximum Gasteiger partial charge on any atom is 0.306 e. The molecule has 2 N–H and O–H groups in total. The lowest BCUT2D eigenvalue weighted by Crippen LogP contribution is -2.33. The molecular weight excluding hydrogens is 364 g/mol. The van der Waals surface area contributed by atoms with Gasteiger partial charge in [0, 0.05) is 0 Å². The molecule has 1 aliphatic rings. The highest BCUT2D eigenvalue weighted by atomic mass is 16.5. The van der Waals surface area contributed by atoms with Crippen LogP contribution in [0.25, 0.3) is 11.1 Å². The lowest BCUT2D eigenvalue weighted by atomic mass is 9.75. The largest absolute Gasteiger partial charge is 0.494 e. The first kappa shape index (κ1) is 21.4. The van der Waals surface area contributed by atoms with Crippen LogP contribution < -0.4 is 4.74 Å². The average molecular weight is 397 g/mol. The van der Waals surface area contributed by atoms with Crippen LogP contribution in [0.3, 0.4) is 0 Å². The van der Waals surface area contributed by atoms with Gasteiger partial charge in [0.05, 0.1) is 18.1 Å². The lowest BCUT2D eigenvalue weighted by molar-refractivity contribution is -0.145. The maximum absolute atomic E-state index is 11.1. The van der Waals surface area contributed by atoms with Gasteiger partial charge in [0.2, 0.25) is 0 Å². The summed E-state index contributed by atoms with van der Waals surface area (Å²) in [4.78, 5) is 11.1. The minimum absolute atomic E-state index is 0.332. The normalized spacial score (nSPS) is 21.7. The van der Waals surface area contributed by atoms with Gasteiger partial charge in [0.25, 0.3) is 0 Å². The summed E-state index contributed by atoms with van der Waals surface area (Å²) in [5.41, 5.74) is 2.15. The topological polar surface area (TPSA) is 66.8 Å². The van der Waals surface area contributed by atoms with E-state index < -0.39 is 11.6 Å². The Morgan fingerprint density at radius 1 is 0.966 bits per heavy atom. The van der Waals surface area contributed by atoms with Crippen molar-refractivity contribution < 1.29 is 19.7 Å². The molecule has 0 bridgehead atoms. The van der Waals surface area contributed by atoms with E-state index in [0.717, 1.165) is 35.5 Å². The third-order valence-corrected chi connectivity index (χ3v) is 6.04. The second-order valence-corrected chi connectivity index (χ2v) is 8.15. The fourth-order valence-corrected chi connectivity index (χ4v) is 4.07. The van der Waals surface area contributed by atoms with Crippen molar-refractivity contribution in [3.8, 4) is 16.9 Å². The van der Waals surface area contributed by atoms with E-state index >= 15 is 0 Å². The standard InChI is InChI=1S/C25H32O4/c1-2-3-4-5-18-29-23-12-8-20(9-13-23)19-6-10-22(11-7-19)25(28)16-14-21(15-17-25)24(26)27/h6-13,21,28H,2-5,14-18H2,1H3,(H,26,27). The van der Waals surface area contributed by atoms with Gasteiger partial charge >= 0.3 is 5.97 Å². The number of aliphatic hydroxyl groups is 1. The molecule has 0 radical (unpaired) electrons. The second-order valence-electron chi connectivity index (χ2n) is 8.15. The van der Waals surface area contributed by atoms with Gasteiger partial charge in [-0.15, -0.1) is 0 Å². The highest BCUT2D eigenvalue weighted by Crippen LogP contribution is 2.40. The first-order chi connectivity index (χ1) is 14.0. The molecular formula is C25H32O4. The summed E-state index contributed by atoms with van der Waals surface area (Å²) >= 11 is 0. The van der Waals surface area contributed by atoms with Crippen molar-refractivity contribution in [2.45, 2.75) is 63.9 Å². The van der Waals surface area contributed by atoms with E-state index in [1.807, 2.05) is 36.4 Å². The maximum atomic E-state index is 11.1. The Balaban J connectivity index is 1.58. The predicted molar refractivity (Wildman–Crippen MR) is 115 cm³/mol. The first-order valence-electron chi connectivity index (χ1n) is 10.8. The van der Waals surface area contributed by atoms with Gasteiger partial charge in [-0.3, -0.25) is 4.79 Å². The molecule has 1 aliphatic carbocycles. The third kappa shape index (κ3) is 5.60. The van der Waals surface area contributed by atoms with Gasteiger partial charge in [-0.05, 0) is 60.9 Å². The van der Waals surface area contributed by atoms with Gasteiger partial charge in [-0.25, -0.2) is 0 Å². The van der Waals surface area contributed by atoms with E-state index in [0.29, 0.717) is 25.7 Å². The van der Waals surface area contributed by atoms with Crippen molar-refractivity contribution in [3.05, 3.63) is 54.1 Å². The summed E-state index contributed by atoms with van der Waals surface area (Å²) in [5, 5.41) is 20.1. The van der Waals surface area contributed by atoms with Gasteiger partial charge in [0.1, 0.15) is 5.75 Å². The van der Waals surface area contributed by atoms with Crippen molar-refractivity contribution in [3.63, 3.8) is 0 Å². The number of carboxylic acid groups (broad SMARTS) is 1. The highest BCUT2D eigenvalue weighted by Gasteiger charge is 2.36. The molecule has 0 amide bonds. The van der Waals surface area contributed by atoms with Crippen molar-refractivity contribution in [2.75, 3.05) is 6.61 Å². The molecule has 4 nitrogen and oxygen atoms in total. The summed E-state index contributed by atoms with van der Waals surface area (Å²) in [6.07, 6.45) is 6.82. The molecule has 0 heterocycles. The smallest absolute Gasteiger partial charge is 0.306 e. The van der Waals surface area contributed by atoms with Crippen LogP contribution >= 0.6 is 0 Å². The van der Waals surface area contributed by atoms with Crippen molar-refractivity contribution in [2.24, 2.45) is 5.92 Å². The Morgan fingerprint density at radius 3 is 2.10 bits per heavy atom. The molecule has 3 rings (SSSR count). The number of unbranched alkanes of at least 4 members (excludes halogenated alkanes) is 3. The van der Waals surface area contributed by atoms with Crippen LogP contribution in [0, 0.1) is 5.92 Å². The van der Waals surface area contributed by atoms with Gasteiger partial charge < -0.3 is 14.9 Å². The number of hydrogen-bond acceptors (Lipinski definition) is 3. The summed E-state index contributed by atoms with van der Waals surface area (Å²) in [6, 6.07) is 16.1. The summed E-state index contributed by atoms with van der Waals surface area (Å²) in [7, 11) is 0. The number of hydrogen-bond donors (Lipinski definition) is 2. The summed E-state index contributed by atoms with van der Waals surface area (Å²) in [6.45, 7) is 2.96. The molecule has 0 spiro atoms. The van der Waals surface area contributed by atoms with Crippen LogP contribution in [0.1, 0.15) is 63.9 Å². The van der Waals surface area contributed by atoms with Crippen molar-refractivity contribution in [1.29, 1.82) is 0 Å². The molecule has 2 aromatic rings. The number of ether oxygens (including phenoxy) is 1. The van der Waals surface area contributed by atoms with Gasteiger partial charge in [-0.2, -0.15) is 0 Å². The van der Waals surface area contributed by atoms with Crippen molar-refractivity contribution in [1.82, 2.24) is 0 Å². The highest BCUT2D eigenvalue weighted by molar-refractivity contribution is 5.70. The number of carbonyl (C=O) groups is 1. The Labute approximate surface area is 173 Å². The van der Waals surface area contributed by atoms with Crippen LogP contribution in [0.4, 0.5) is 0 Å². The monoisotopic (exact) mass is 396 g/mol. The van der Waals surface area contributed by atoms with E-state index in [2.05, 4.69) is 19.1 Å². The molecule has 0 saturated heterocycles. The van der Waals surface area contributed by atoms with Gasteiger partial charge in [-0.1, -0.05) is 62.6 Å². The minimum Gasteiger partial charge on any atom is -0.494 e. The van der Waals surface area contributed by atoms with Crippen LogP contribution in [0.5, 0.6) is 5.75 Å². The number of aliphatic carboxylic acids is 1. The molecule has 29 heavy (non-hydrogen) atoms. The quantitative estimate of drug-likeness (QED) is 0.528. The molecule has 2 aromatic carbocycles. The van der Waals surface area contributed by atoms with Crippen LogP contribution in [0.2, 0.25) is 0 Å². The third-order valence-electron chi connectivity index (χ3n) is 6.04. The predicted octanol–water partition coefficient (Wildman–Crippen LogP) is 5.78. The molecule has 1 fully saturated rings. The SMILES string of the molecule is CCCCCCOc1ccc(-c2ccc(C3(O)CCC(C(=O)O)CC3)cc2)cc1. The van der Waals surface area contributed by atoms with E-state index in [9.17, 15) is 9.90 Å². The summed E-state index contributed by atoms with van der Waals surface area (Å²) in [5.74, 6) is -0.191. The zero-order chi connectivity index (χ0) is 20.7. The molecule has 0 aromatic heterocycles. The van der Waals surface area contributed by atoms with Crippen LogP contribution in [-0.2, 0) is 10.4 Å². The van der Waals surface area contributed by atoms with Crippen LogP contribution in [0.15, 0.2) is 48.5 Å². The Bertz CT molecular complexity index is 771. The molecule has 4 heteroatoms. The fourth-order valence-electron chi connectivity index (χ4n) is 4.07. The second kappa shape index (κ2) is 9.93. The number of rotatable bonds is 9. The molecule has 0 aliphatic heterocycles. The molecule has 0 unspecified atom stereocenters. The molecule has 0 atom stereocenters. The number of carboxylic acids is 1. The molecule has 156 valence electrons. The van der Waals surface area contributed by atoms with E-state index in [-0.39, 0.29) is 5.92 Å². The Kier molecular flexibility index (Phi) is 7.32. The van der Waals surface area contributed by atoms with Crippen LogP contribution in [-0.4, -0.2) is 22.8 Å².